The molecule has 2 aromatic rings. The number of thiophene rings is 1. The largest absolute Gasteiger partial charge is 0.375 e. The van der Waals surface area contributed by atoms with Gasteiger partial charge in [-0.1, -0.05) is 0 Å². The molecule has 3 heterocycles. The second-order valence-electron chi connectivity index (χ2n) is 5.17. The van der Waals surface area contributed by atoms with Crippen LogP contribution in [0.1, 0.15) is 37.0 Å². The van der Waals surface area contributed by atoms with Crippen molar-refractivity contribution in [1.29, 1.82) is 0 Å². The number of imidazole rings is 1. The van der Waals surface area contributed by atoms with Gasteiger partial charge < -0.3 is 9.30 Å². The molecule has 5 heteroatoms. The van der Waals surface area contributed by atoms with Crippen LogP contribution in [-0.2, 0) is 24.4 Å². The van der Waals surface area contributed by atoms with Crippen molar-refractivity contribution in [3.8, 4) is 0 Å². The van der Waals surface area contributed by atoms with E-state index in [1.54, 1.807) is 11.3 Å². The molecular weight excluding hydrogens is 270 g/mol. The van der Waals surface area contributed by atoms with E-state index in [0.29, 0.717) is 12.6 Å². The molecule has 0 aromatic carbocycles. The Hall–Kier alpha value is -1.17. The van der Waals surface area contributed by atoms with E-state index in [9.17, 15) is 0 Å². The Balaban J connectivity index is 1.74. The van der Waals surface area contributed by atoms with Crippen LogP contribution in [0, 0.1) is 0 Å². The first-order valence-electron chi connectivity index (χ1n) is 7.16. The fraction of sp³-hybridized carbons (Fsp3) is 0.533. The van der Waals surface area contributed by atoms with Crippen LogP contribution in [0.2, 0.25) is 0 Å². The number of rotatable bonds is 5. The minimum absolute atomic E-state index is 0.360. The van der Waals surface area contributed by atoms with Gasteiger partial charge in [-0.3, -0.25) is 4.90 Å². The predicted molar refractivity (Wildman–Crippen MR) is 80.7 cm³/mol. The third kappa shape index (κ3) is 2.66. The molecule has 0 spiro atoms. The third-order valence-corrected chi connectivity index (χ3v) is 4.65. The van der Waals surface area contributed by atoms with E-state index in [1.165, 1.54) is 17.1 Å². The van der Waals surface area contributed by atoms with Crippen molar-refractivity contribution in [3.63, 3.8) is 0 Å². The molecule has 1 aliphatic heterocycles. The SMILES string of the molecule is CCOCc1cnc2n1CCN(Cc1ccsc1)[C@H]2C. The molecule has 2 aromatic heterocycles. The van der Waals surface area contributed by atoms with Gasteiger partial charge in [0.25, 0.3) is 0 Å². The number of fused-ring (bicyclic) bond motifs is 1. The average molecular weight is 291 g/mol. The summed E-state index contributed by atoms with van der Waals surface area (Å²) in [4.78, 5) is 7.11. The lowest BCUT2D eigenvalue weighted by atomic mass is 10.2. The molecule has 0 unspecified atom stereocenters. The summed E-state index contributed by atoms with van der Waals surface area (Å²) in [6.07, 6.45) is 1.97. The van der Waals surface area contributed by atoms with Crippen molar-refractivity contribution in [2.75, 3.05) is 13.2 Å². The van der Waals surface area contributed by atoms with Crippen molar-refractivity contribution in [2.45, 2.75) is 39.6 Å². The van der Waals surface area contributed by atoms with E-state index in [4.69, 9.17) is 4.74 Å². The van der Waals surface area contributed by atoms with Gasteiger partial charge >= 0.3 is 0 Å². The van der Waals surface area contributed by atoms with Crippen LogP contribution in [0.4, 0.5) is 0 Å². The van der Waals surface area contributed by atoms with Gasteiger partial charge in [-0.2, -0.15) is 11.3 Å². The van der Waals surface area contributed by atoms with Crippen LogP contribution in [0.3, 0.4) is 0 Å². The van der Waals surface area contributed by atoms with Crippen LogP contribution in [-0.4, -0.2) is 27.6 Å². The van der Waals surface area contributed by atoms with Gasteiger partial charge in [0, 0.05) is 26.2 Å². The Morgan fingerprint density at radius 2 is 2.35 bits per heavy atom. The minimum atomic E-state index is 0.360. The molecule has 0 amide bonds. The maximum absolute atomic E-state index is 5.52. The van der Waals surface area contributed by atoms with E-state index in [1.807, 2.05) is 13.1 Å². The Labute approximate surface area is 124 Å². The molecule has 1 atom stereocenters. The molecule has 0 aliphatic carbocycles. The van der Waals surface area contributed by atoms with Crippen molar-refractivity contribution in [3.05, 3.63) is 40.1 Å². The molecule has 4 nitrogen and oxygen atoms in total. The molecule has 3 rings (SSSR count). The van der Waals surface area contributed by atoms with Crippen LogP contribution in [0.15, 0.2) is 23.0 Å². The summed E-state index contributed by atoms with van der Waals surface area (Å²) in [7, 11) is 0. The summed E-state index contributed by atoms with van der Waals surface area (Å²) in [5, 5.41) is 4.37. The normalized spacial score (nSPS) is 19.2. The first kappa shape index (κ1) is 13.8. The molecule has 0 radical (unpaired) electrons. The van der Waals surface area contributed by atoms with Gasteiger partial charge in [-0.25, -0.2) is 4.98 Å². The van der Waals surface area contributed by atoms with E-state index >= 15 is 0 Å². The summed E-state index contributed by atoms with van der Waals surface area (Å²) in [5.41, 5.74) is 2.60. The predicted octanol–water partition coefficient (Wildman–Crippen LogP) is 3.06. The zero-order valence-electron chi connectivity index (χ0n) is 12.1. The summed E-state index contributed by atoms with van der Waals surface area (Å²) >= 11 is 1.76. The molecule has 0 bridgehead atoms. The van der Waals surface area contributed by atoms with Crippen molar-refractivity contribution in [1.82, 2.24) is 14.5 Å². The molecule has 20 heavy (non-hydrogen) atoms. The molecule has 1 aliphatic rings. The maximum atomic E-state index is 5.52. The van der Waals surface area contributed by atoms with E-state index in [2.05, 4.69) is 38.2 Å². The van der Waals surface area contributed by atoms with Crippen LogP contribution in [0.25, 0.3) is 0 Å². The zero-order valence-corrected chi connectivity index (χ0v) is 12.9. The third-order valence-electron chi connectivity index (χ3n) is 3.92. The molecule has 0 fully saturated rings. The lowest BCUT2D eigenvalue weighted by Crippen LogP contribution is -2.37. The number of aromatic nitrogens is 2. The fourth-order valence-corrected chi connectivity index (χ4v) is 3.42. The maximum Gasteiger partial charge on any atom is 0.126 e. The van der Waals surface area contributed by atoms with Crippen molar-refractivity contribution >= 4 is 11.3 Å². The van der Waals surface area contributed by atoms with E-state index in [-0.39, 0.29) is 0 Å². The second kappa shape index (κ2) is 6.08. The number of hydrogen-bond donors (Lipinski definition) is 0. The monoisotopic (exact) mass is 291 g/mol. The smallest absolute Gasteiger partial charge is 0.126 e. The van der Waals surface area contributed by atoms with Gasteiger partial charge in [0.05, 0.1) is 24.5 Å². The number of ether oxygens (including phenoxy) is 1. The molecule has 108 valence electrons. The Bertz CT molecular complexity index is 549. The first-order valence-corrected chi connectivity index (χ1v) is 8.11. The summed E-state index contributed by atoms with van der Waals surface area (Å²) in [6, 6.07) is 2.57. The van der Waals surface area contributed by atoms with E-state index in [0.717, 1.165) is 26.2 Å². The molecule has 0 N–H and O–H groups in total. The Morgan fingerprint density at radius 3 is 3.10 bits per heavy atom. The molecular formula is C15H21N3OS. The minimum Gasteiger partial charge on any atom is -0.375 e. The van der Waals surface area contributed by atoms with Crippen LogP contribution < -0.4 is 0 Å². The Kier molecular flexibility index (Phi) is 4.19. The van der Waals surface area contributed by atoms with Gasteiger partial charge in [0.1, 0.15) is 5.82 Å². The highest BCUT2D eigenvalue weighted by Crippen LogP contribution is 2.27. The van der Waals surface area contributed by atoms with Crippen molar-refractivity contribution < 1.29 is 4.74 Å². The summed E-state index contributed by atoms with van der Waals surface area (Å²) < 4.78 is 7.84. The zero-order chi connectivity index (χ0) is 13.9. The fourth-order valence-electron chi connectivity index (χ4n) is 2.76. The quantitative estimate of drug-likeness (QED) is 0.848. The summed E-state index contributed by atoms with van der Waals surface area (Å²) in [5.74, 6) is 1.17. The lowest BCUT2D eigenvalue weighted by Gasteiger charge is -2.34. The average Bonchev–Trinajstić information content (AvgIpc) is 3.09. The van der Waals surface area contributed by atoms with Gasteiger partial charge in [-0.15, -0.1) is 0 Å². The molecule has 0 saturated carbocycles. The first-order chi connectivity index (χ1) is 9.79. The topological polar surface area (TPSA) is 30.3 Å². The summed E-state index contributed by atoms with van der Waals surface area (Å²) in [6.45, 7) is 8.78. The van der Waals surface area contributed by atoms with Gasteiger partial charge in [-0.05, 0) is 36.2 Å². The lowest BCUT2D eigenvalue weighted by molar-refractivity contribution is 0.119. The van der Waals surface area contributed by atoms with Gasteiger partial charge in [0.15, 0.2) is 0 Å². The van der Waals surface area contributed by atoms with Crippen LogP contribution in [0.5, 0.6) is 0 Å². The second-order valence-corrected chi connectivity index (χ2v) is 5.95. The van der Waals surface area contributed by atoms with Gasteiger partial charge in [0.2, 0.25) is 0 Å². The van der Waals surface area contributed by atoms with E-state index < -0.39 is 0 Å². The Morgan fingerprint density at radius 1 is 1.45 bits per heavy atom. The number of nitrogens with zero attached hydrogens (tertiary/aromatic N) is 3. The van der Waals surface area contributed by atoms with Crippen molar-refractivity contribution in [2.24, 2.45) is 0 Å². The highest BCUT2D eigenvalue weighted by molar-refractivity contribution is 7.07. The highest BCUT2D eigenvalue weighted by atomic mass is 32.1. The molecule has 0 saturated heterocycles. The standard InChI is InChI=1S/C15H21N3OS/c1-3-19-10-14-8-16-15-12(2)17(5-6-18(14)15)9-13-4-7-20-11-13/h4,7-8,11-12H,3,5-6,9-10H2,1-2H3/t12-/m0/s1. The highest BCUT2D eigenvalue weighted by Gasteiger charge is 2.26. The number of hydrogen-bond acceptors (Lipinski definition) is 4. The van der Waals surface area contributed by atoms with Crippen LogP contribution >= 0.6 is 11.3 Å².